The summed E-state index contributed by atoms with van der Waals surface area (Å²) in [7, 11) is 0. The average molecular weight is 236 g/mol. The van der Waals surface area contributed by atoms with Crippen LogP contribution in [0.5, 0.6) is 17.2 Å². The molecule has 0 radical (unpaired) electrons. The molecule has 0 spiro atoms. The summed E-state index contributed by atoms with van der Waals surface area (Å²) in [4.78, 5) is 0. The first-order valence-electron chi connectivity index (χ1n) is 6.09. The van der Waals surface area contributed by atoms with Gasteiger partial charge in [-0.15, -0.1) is 0 Å². The van der Waals surface area contributed by atoms with Gasteiger partial charge in [-0.1, -0.05) is 0 Å². The molecule has 2 aliphatic heterocycles. The van der Waals surface area contributed by atoms with Gasteiger partial charge >= 0.3 is 0 Å². The lowest BCUT2D eigenvalue weighted by atomic mass is 9.92. The number of phenolic OH excluding ortho intramolecular Hbond substituents is 1. The quantitative estimate of drug-likeness (QED) is 0.776. The Morgan fingerprint density at radius 2 is 1.59 bits per heavy atom. The fraction of sp³-hybridized carbons (Fsp3) is 0.538. The minimum atomic E-state index is -0.0612. The van der Waals surface area contributed by atoms with Crippen molar-refractivity contribution >= 4 is 0 Å². The van der Waals surface area contributed by atoms with Crippen LogP contribution in [0.4, 0.5) is 0 Å². The normalized spacial score (nSPS) is 17.7. The maximum absolute atomic E-state index is 10.2. The maximum Gasteiger partial charge on any atom is 0.165 e. The zero-order chi connectivity index (χ0) is 11.8. The molecule has 1 aromatic rings. The SMILES string of the molecule is OCc1c2c(c(O)c3c1OCCC3)OCCC2. The number of aromatic hydroxyl groups is 1. The summed E-state index contributed by atoms with van der Waals surface area (Å²) in [6.45, 7) is 1.22. The molecule has 0 saturated carbocycles. The van der Waals surface area contributed by atoms with Crippen molar-refractivity contribution in [1.29, 1.82) is 0 Å². The molecule has 2 heterocycles. The molecule has 0 aromatic heterocycles. The largest absolute Gasteiger partial charge is 0.504 e. The Labute approximate surface area is 99.8 Å². The average Bonchev–Trinajstić information content (AvgIpc) is 2.40. The number of fused-ring (bicyclic) bond motifs is 2. The molecule has 17 heavy (non-hydrogen) atoms. The Kier molecular flexibility index (Phi) is 2.59. The first-order valence-corrected chi connectivity index (χ1v) is 6.09. The molecular formula is C13H16O4. The van der Waals surface area contributed by atoms with E-state index in [4.69, 9.17) is 9.47 Å². The highest BCUT2D eigenvalue weighted by Crippen LogP contribution is 2.47. The van der Waals surface area contributed by atoms with Crippen molar-refractivity contribution in [1.82, 2.24) is 0 Å². The summed E-state index contributed by atoms with van der Waals surface area (Å²) in [6.07, 6.45) is 3.42. The van der Waals surface area contributed by atoms with Crippen molar-refractivity contribution < 1.29 is 19.7 Å². The Balaban J connectivity index is 2.25. The smallest absolute Gasteiger partial charge is 0.165 e. The van der Waals surface area contributed by atoms with Gasteiger partial charge in [0, 0.05) is 16.7 Å². The number of rotatable bonds is 1. The summed E-state index contributed by atoms with van der Waals surface area (Å²) in [5.74, 6) is 1.46. The van der Waals surface area contributed by atoms with E-state index in [0.717, 1.165) is 42.4 Å². The van der Waals surface area contributed by atoms with Crippen LogP contribution in [0, 0.1) is 0 Å². The molecule has 2 N–H and O–H groups in total. The predicted molar refractivity (Wildman–Crippen MR) is 61.7 cm³/mol. The van der Waals surface area contributed by atoms with E-state index in [1.54, 1.807) is 0 Å². The van der Waals surface area contributed by atoms with Crippen molar-refractivity contribution in [3.8, 4) is 17.2 Å². The molecule has 0 unspecified atom stereocenters. The molecule has 0 atom stereocenters. The van der Waals surface area contributed by atoms with Crippen LogP contribution < -0.4 is 9.47 Å². The van der Waals surface area contributed by atoms with Gasteiger partial charge < -0.3 is 19.7 Å². The van der Waals surface area contributed by atoms with Gasteiger partial charge in [0.25, 0.3) is 0 Å². The Morgan fingerprint density at radius 3 is 2.29 bits per heavy atom. The zero-order valence-electron chi connectivity index (χ0n) is 9.66. The number of ether oxygens (including phenoxy) is 2. The highest BCUT2D eigenvalue weighted by Gasteiger charge is 2.28. The lowest BCUT2D eigenvalue weighted by molar-refractivity contribution is 0.232. The Bertz CT molecular complexity index is 416. The summed E-state index contributed by atoms with van der Waals surface area (Å²) in [5, 5.41) is 19.7. The molecule has 0 fully saturated rings. The minimum absolute atomic E-state index is 0.0612. The van der Waals surface area contributed by atoms with Crippen LogP contribution in [0.25, 0.3) is 0 Å². The van der Waals surface area contributed by atoms with Crippen molar-refractivity contribution in [3.05, 3.63) is 16.7 Å². The van der Waals surface area contributed by atoms with E-state index < -0.39 is 0 Å². The van der Waals surface area contributed by atoms with Gasteiger partial charge in [-0.2, -0.15) is 0 Å². The van der Waals surface area contributed by atoms with E-state index >= 15 is 0 Å². The van der Waals surface area contributed by atoms with Gasteiger partial charge in [0.15, 0.2) is 11.5 Å². The Morgan fingerprint density at radius 1 is 0.941 bits per heavy atom. The number of hydrogen-bond donors (Lipinski definition) is 2. The second-order valence-electron chi connectivity index (χ2n) is 4.50. The van der Waals surface area contributed by atoms with Gasteiger partial charge in [-0.05, 0) is 25.7 Å². The molecule has 2 aliphatic rings. The zero-order valence-corrected chi connectivity index (χ0v) is 9.66. The Hall–Kier alpha value is -1.42. The number of phenols is 1. The first kappa shape index (κ1) is 10.7. The number of hydrogen-bond acceptors (Lipinski definition) is 4. The van der Waals surface area contributed by atoms with Crippen LogP contribution >= 0.6 is 0 Å². The molecule has 0 saturated heterocycles. The molecule has 1 aromatic carbocycles. The summed E-state index contributed by atoms with van der Waals surface area (Å²) in [6, 6.07) is 0. The number of aliphatic hydroxyl groups is 1. The summed E-state index contributed by atoms with van der Waals surface area (Å²) >= 11 is 0. The lowest BCUT2D eigenvalue weighted by Gasteiger charge is -2.28. The molecular weight excluding hydrogens is 220 g/mol. The topological polar surface area (TPSA) is 58.9 Å². The van der Waals surface area contributed by atoms with Crippen molar-refractivity contribution in [2.75, 3.05) is 13.2 Å². The van der Waals surface area contributed by atoms with Crippen molar-refractivity contribution in [2.45, 2.75) is 32.3 Å². The van der Waals surface area contributed by atoms with Gasteiger partial charge in [0.2, 0.25) is 0 Å². The van der Waals surface area contributed by atoms with E-state index in [-0.39, 0.29) is 12.4 Å². The van der Waals surface area contributed by atoms with E-state index in [1.807, 2.05) is 0 Å². The first-order chi connectivity index (χ1) is 8.33. The molecule has 0 aliphatic carbocycles. The molecule has 4 heteroatoms. The molecule has 4 nitrogen and oxygen atoms in total. The van der Waals surface area contributed by atoms with E-state index in [9.17, 15) is 10.2 Å². The minimum Gasteiger partial charge on any atom is -0.504 e. The third-order valence-corrected chi connectivity index (χ3v) is 3.48. The number of benzene rings is 1. The third kappa shape index (κ3) is 1.55. The van der Waals surface area contributed by atoms with Crippen LogP contribution in [-0.4, -0.2) is 23.4 Å². The fourth-order valence-corrected chi connectivity index (χ4v) is 2.68. The van der Waals surface area contributed by atoms with Gasteiger partial charge in [0.05, 0.1) is 19.8 Å². The van der Waals surface area contributed by atoms with Gasteiger partial charge in [-0.3, -0.25) is 0 Å². The van der Waals surface area contributed by atoms with Crippen LogP contribution in [0.1, 0.15) is 29.5 Å². The van der Waals surface area contributed by atoms with E-state index in [0.29, 0.717) is 24.7 Å². The molecule has 0 amide bonds. The van der Waals surface area contributed by atoms with Crippen LogP contribution in [0.2, 0.25) is 0 Å². The molecule has 92 valence electrons. The van der Waals surface area contributed by atoms with Crippen LogP contribution in [-0.2, 0) is 19.4 Å². The fourth-order valence-electron chi connectivity index (χ4n) is 2.68. The summed E-state index contributed by atoms with van der Waals surface area (Å²) < 4.78 is 11.2. The maximum atomic E-state index is 10.2. The van der Waals surface area contributed by atoms with Crippen LogP contribution in [0.3, 0.4) is 0 Å². The van der Waals surface area contributed by atoms with Crippen molar-refractivity contribution in [3.63, 3.8) is 0 Å². The lowest BCUT2D eigenvalue weighted by Crippen LogP contribution is -2.17. The highest BCUT2D eigenvalue weighted by atomic mass is 16.5. The van der Waals surface area contributed by atoms with Crippen LogP contribution in [0.15, 0.2) is 0 Å². The standard InChI is InChI=1S/C13H16O4/c14-7-10-8-3-1-6-17-13(8)11(15)9-4-2-5-16-12(9)10/h14-15H,1-7H2. The molecule has 0 bridgehead atoms. The highest BCUT2D eigenvalue weighted by molar-refractivity contribution is 5.63. The monoisotopic (exact) mass is 236 g/mol. The second kappa shape index (κ2) is 4.11. The molecule has 3 rings (SSSR count). The summed E-state index contributed by atoms with van der Waals surface area (Å²) in [5.41, 5.74) is 2.50. The third-order valence-electron chi connectivity index (χ3n) is 3.48. The van der Waals surface area contributed by atoms with E-state index in [1.165, 1.54) is 0 Å². The van der Waals surface area contributed by atoms with Crippen molar-refractivity contribution in [2.24, 2.45) is 0 Å². The predicted octanol–water partition coefficient (Wildman–Crippen LogP) is 1.53. The number of aliphatic hydroxyl groups excluding tert-OH is 1. The van der Waals surface area contributed by atoms with E-state index in [2.05, 4.69) is 0 Å². The van der Waals surface area contributed by atoms with Gasteiger partial charge in [0.1, 0.15) is 5.75 Å². The van der Waals surface area contributed by atoms with Gasteiger partial charge in [-0.25, -0.2) is 0 Å². The second-order valence-corrected chi connectivity index (χ2v) is 4.50.